The second kappa shape index (κ2) is 10.6. The third kappa shape index (κ3) is 4.77. The van der Waals surface area contributed by atoms with Crippen molar-refractivity contribution in [3.05, 3.63) is 152 Å². The predicted octanol–water partition coefficient (Wildman–Crippen LogP) is 10.2. The van der Waals surface area contributed by atoms with E-state index < -0.39 is 0 Å². The Hall–Kier alpha value is -5.06. The Labute approximate surface area is 237 Å². The van der Waals surface area contributed by atoms with Crippen LogP contribution < -0.4 is 4.90 Å². The number of pyridine rings is 1. The lowest BCUT2D eigenvalue weighted by molar-refractivity contribution is 1.28. The van der Waals surface area contributed by atoms with E-state index in [1.54, 1.807) is 17.5 Å². The summed E-state index contributed by atoms with van der Waals surface area (Å²) in [4.78, 5) is 11.4. The zero-order valence-electron chi connectivity index (χ0n) is 21.7. The Balaban J connectivity index is 1.26. The lowest BCUT2D eigenvalue weighted by Crippen LogP contribution is -2.09. The van der Waals surface area contributed by atoms with Crippen molar-refractivity contribution in [3.8, 4) is 32.8 Å². The number of anilines is 3. The second-order valence-corrected chi connectivity index (χ2v) is 10.6. The highest BCUT2D eigenvalue weighted by Crippen LogP contribution is 2.38. The third-order valence-electron chi connectivity index (χ3n) is 7.03. The second-order valence-electron chi connectivity index (χ2n) is 9.57. The van der Waals surface area contributed by atoms with Crippen LogP contribution in [0.4, 0.5) is 17.1 Å². The normalized spacial score (nSPS) is 11.0. The first-order valence-electron chi connectivity index (χ1n) is 13.2. The summed E-state index contributed by atoms with van der Waals surface area (Å²) < 4.78 is 1.10. The monoisotopic (exact) mass is 531 g/mol. The Bertz CT molecular complexity index is 1740. The summed E-state index contributed by atoms with van der Waals surface area (Å²) in [5.74, 6) is 0. The van der Waals surface area contributed by atoms with E-state index in [0.29, 0.717) is 0 Å². The first kappa shape index (κ1) is 24.0. The van der Waals surface area contributed by atoms with Crippen molar-refractivity contribution in [1.82, 2.24) is 9.97 Å². The highest BCUT2D eigenvalue weighted by molar-refractivity contribution is 7.21. The van der Waals surface area contributed by atoms with E-state index in [2.05, 4.69) is 131 Å². The molecule has 3 nitrogen and oxygen atoms in total. The van der Waals surface area contributed by atoms with Crippen LogP contribution >= 0.6 is 11.3 Å². The highest BCUT2D eigenvalue weighted by atomic mass is 32.1. The zero-order valence-corrected chi connectivity index (χ0v) is 22.5. The maximum absolute atomic E-state index is 4.82. The van der Waals surface area contributed by atoms with Crippen LogP contribution in [-0.4, -0.2) is 9.97 Å². The number of aromatic nitrogens is 2. The fourth-order valence-corrected chi connectivity index (χ4v) is 5.91. The Morgan fingerprint density at radius 3 is 1.38 bits per heavy atom. The Kier molecular flexibility index (Phi) is 6.36. The standard InChI is InChI=1S/C36H25N3S/c1-3-7-26(8-4-1)28-11-17-31(18-12-28)39(32-19-13-29(14-20-32)27-9-5-2-6-10-27)33-21-15-30(16-22-33)36-38-34-23-24-37-25-35(34)40-36/h1-25H. The molecule has 7 aromatic rings. The predicted molar refractivity (Wildman–Crippen MR) is 168 cm³/mol. The third-order valence-corrected chi connectivity index (χ3v) is 8.08. The quantitative estimate of drug-likeness (QED) is 0.214. The molecule has 0 bridgehead atoms. The summed E-state index contributed by atoms with van der Waals surface area (Å²) in [5.41, 5.74) is 10.2. The van der Waals surface area contributed by atoms with Crippen LogP contribution in [0.15, 0.2) is 152 Å². The molecule has 0 unspecified atom stereocenters. The molecule has 0 N–H and O–H groups in total. The van der Waals surface area contributed by atoms with Crippen LogP contribution in [-0.2, 0) is 0 Å². The molecule has 190 valence electrons. The molecule has 2 heterocycles. The molecule has 0 fully saturated rings. The van der Waals surface area contributed by atoms with Crippen LogP contribution in [0.2, 0.25) is 0 Å². The molecule has 4 heteroatoms. The number of hydrogen-bond acceptors (Lipinski definition) is 4. The van der Waals surface area contributed by atoms with Crippen LogP contribution in [0, 0.1) is 0 Å². The maximum Gasteiger partial charge on any atom is 0.124 e. The summed E-state index contributed by atoms with van der Waals surface area (Å²) in [6.07, 6.45) is 3.67. The minimum Gasteiger partial charge on any atom is -0.311 e. The molecule has 5 aromatic carbocycles. The van der Waals surface area contributed by atoms with Gasteiger partial charge < -0.3 is 4.90 Å². The maximum atomic E-state index is 4.82. The van der Waals surface area contributed by atoms with E-state index in [9.17, 15) is 0 Å². The summed E-state index contributed by atoms with van der Waals surface area (Å²) in [6, 6.07) is 49.2. The van der Waals surface area contributed by atoms with E-state index in [1.165, 1.54) is 22.3 Å². The highest BCUT2D eigenvalue weighted by Gasteiger charge is 2.14. The molecular weight excluding hydrogens is 506 g/mol. The van der Waals surface area contributed by atoms with Gasteiger partial charge in [0.1, 0.15) is 5.01 Å². The first-order chi connectivity index (χ1) is 19.8. The van der Waals surface area contributed by atoms with Crippen LogP contribution in [0.3, 0.4) is 0 Å². The van der Waals surface area contributed by atoms with Crippen LogP contribution in [0.1, 0.15) is 0 Å². The van der Waals surface area contributed by atoms with Crippen molar-refractivity contribution in [2.75, 3.05) is 4.90 Å². The largest absolute Gasteiger partial charge is 0.311 e. The molecule has 0 spiro atoms. The van der Waals surface area contributed by atoms with E-state index in [1.807, 2.05) is 24.4 Å². The smallest absolute Gasteiger partial charge is 0.124 e. The van der Waals surface area contributed by atoms with Crippen molar-refractivity contribution in [3.63, 3.8) is 0 Å². The first-order valence-corrected chi connectivity index (χ1v) is 14.1. The minimum absolute atomic E-state index is 0.984. The topological polar surface area (TPSA) is 29.0 Å². The van der Waals surface area contributed by atoms with Gasteiger partial charge in [-0.1, -0.05) is 84.9 Å². The van der Waals surface area contributed by atoms with Gasteiger partial charge in [-0.25, -0.2) is 4.98 Å². The van der Waals surface area contributed by atoms with E-state index in [0.717, 1.165) is 37.8 Å². The molecule has 7 rings (SSSR count). The van der Waals surface area contributed by atoms with Gasteiger partial charge in [-0.2, -0.15) is 0 Å². The van der Waals surface area contributed by atoms with Crippen molar-refractivity contribution < 1.29 is 0 Å². The average molecular weight is 532 g/mol. The van der Waals surface area contributed by atoms with Crippen molar-refractivity contribution in [2.45, 2.75) is 0 Å². The Morgan fingerprint density at radius 1 is 0.450 bits per heavy atom. The zero-order chi connectivity index (χ0) is 26.7. The molecule has 0 radical (unpaired) electrons. The van der Waals surface area contributed by atoms with Gasteiger partial charge in [-0.05, 0) is 76.9 Å². The van der Waals surface area contributed by atoms with E-state index in [4.69, 9.17) is 4.98 Å². The molecular formula is C36H25N3S. The van der Waals surface area contributed by atoms with Gasteiger partial charge in [0.05, 0.1) is 10.2 Å². The lowest BCUT2D eigenvalue weighted by atomic mass is 10.0. The van der Waals surface area contributed by atoms with Gasteiger partial charge in [0.2, 0.25) is 0 Å². The van der Waals surface area contributed by atoms with Crippen LogP contribution in [0.5, 0.6) is 0 Å². The van der Waals surface area contributed by atoms with Gasteiger partial charge in [-0.15, -0.1) is 11.3 Å². The van der Waals surface area contributed by atoms with Gasteiger partial charge >= 0.3 is 0 Å². The van der Waals surface area contributed by atoms with E-state index >= 15 is 0 Å². The van der Waals surface area contributed by atoms with E-state index in [-0.39, 0.29) is 0 Å². The fourth-order valence-electron chi connectivity index (χ4n) is 4.97. The summed E-state index contributed by atoms with van der Waals surface area (Å²) in [7, 11) is 0. The number of rotatable bonds is 6. The molecule has 0 aliphatic carbocycles. The van der Waals surface area contributed by atoms with Gasteiger partial charge in [0.25, 0.3) is 0 Å². The molecule has 0 atom stereocenters. The SMILES string of the molecule is c1ccc(-c2ccc(N(c3ccc(-c4ccccc4)cc3)c3ccc(-c4nc5ccncc5s4)cc3)cc2)cc1. The molecule has 0 saturated carbocycles. The van der Waals surface area contributed by atoms with Crippen LogP contribution in [0.25, 0.3) is 43.0 Å². The van der Waals surface area contributed by atoms with Gasteiger partial charge in [-0.3, -0.25) is 4.98 Å². The fraction of sp³-hybridized carbons (Fsp3) is 0. The van der Waals surface area contributed by atoms with Crippen molar-refractivity contribution in [1.29, 1.82) is 0 Å². The molecule has 2 aromatic heterocycles. The summed E-state index contributed by atoms with van der Waals surface area (Å²) in [5, 5.41) is 1.00. The lowest BCUT2D eigenvalue weighted by Gasteiger charge is -2.26. The average Bonchev–Trinajstić information content (AvgIpc) is 3.48. The number of fused-ring (bicyclic) bond motifs is 1. The molecule has 40 heavy (non-hydrogen) atoms. The molecule has 0 amide bonds. The number of hydrogen-bond donors (Lipinski definition) is 0. The Morgan fingerprint density at radius 2 is 0.900 bits per heavy atom. The van der Waals surface area contributed by atoms with Gasteiger partial charge in [0.15, 0.2) is 0 Å². The number of thiazole rings is 1. The van der Waals surface area contributed by atoms with Crippen molar-refractivity contribution in [2.24, 2.45) is 0 Å². The molecule has 0 aliphatic heterocycles. The van der Waals surface area contributed by atoms with Crippen molar-refractivity contribution >= 4 is 38.6 Å². The number of nitrogens with zero attached hydrogens (tertiary/aromatic N) is 3. The summed E-state index contributed by atoms with van der Waals surface area (Å²) >= 11 is 1.67. The number of benzene rings is 5. The molecule has 0 aliphatic rings. The van der Waals surface area contributed by atoms with Gasteiger partial charge in [0, 0.05) is 35.0 Å². The minimum atomic E-state index is 0.984. The molecule has 0 saturated heterocycles. The summed E-state index contributed by atoms with van der Waals surface area (Å²) in [6.45, 7) is 0.